The van der Waals surface area contributed by atoms with Crippen LogP contribution in [-0.2, 0) is 15.7 Å². The van der Waals surface area contributed by atoms with E-state index in [2.05, 4.69) is 10.1 Å². The SMILES string of the molecule is CC(C)Oc1ccc(-c2nc(-c3ccc(C4OC=CO4)cc3Cl)no2)cc1C(F)(F)F. The molecule has 0 amide bonds. The molecule has 0 N–H and O–H groups in total. The average molecular weight is 453 g/mol. The van der Waals surface area contributed by atoms with Gasteiger partial charge in [0.25, 0.3) is 12.2 Å². The summed E-state index contributed by atoms with van der Waals surface area (Å²) in [6.07, 6.45) is -2.78. The summed E-state index contributed by atoms with van der Waals surface area (Å²) < 4.78 is 61.5. The van der Waals surface area contributed by atoms with Crippen molar-refractivity contribution < 1.29 is 31.9 Å². The van der Waals surface area contributed by atoms with Crippen LogP contribution in [0.5, 0.6) is 5.75 Å². The number of rotatable bonds is 5. The molecule has 6 nitrogen and oxygen atoms in total. The largest absolute Gasteiger partial charge is 0.490 e. The van der Waals surface area contributed by atoms with Gasteiger partial charge in [0.1, 0.15) is 18.3 Å². The van der Waals surface area contributed by atoms with E-state index in [9.17, 15) is 13.2 Å². The fraction of sp³-hybridized carbons (Fsp3) is 0.238. The van der Waals surface area contributed by atoms with Gasteiger partial charge in [-0.1, -0.05) is 22.8 Å². The normalized spacial score (nSPS) is 14.0. The Morgan fingerprint density at radius 1 is 1.06 bits per heavy atom. The first-order valence-corrected chi connectivity index (χ1v) is 9.58. The molecule has 0 unspecified atom stereocenters. The number of aromatic nitrogens is 2. The van der Waals surface area contributed by atoms with Crippen molar-refractivity contribution in [2.24, 2.45) is 0 Å². The maximum atomic E-state index is 13.5. The second kappa shape index (κ2) is 8.14. The Morgan fingerprint density at radius 2 is 1.81 bits per heavy atom. The highest BCUT2D eigenvalue weighted by Crippen LogP contribution is 2.39. The van der Waals surface area contributed by atoms with E-state index in [0.29, 0.717) is 16.1 Å². The highest BCUT2D eigenvalue weighted by atomic mass is 35.5. The molecule has 162 valence electrons. The number of benzene rings is 2. The predicted molar refractivity (Wildman–Crippen MR) is 105 cm³/mol. The Balaban J connectivity index is 1.64. The van der Waals surface area contributed by atoms with Crippen LogP contribution in [0.25, 0.3) is 22.8 Å². The van der Waals surface area contributed by atoms with Crippen LogP contribution in [0, 0.1) is 0 Å². The second-order valence-electron chi connectivity index (χ2n) is 6.91. The molecule has 1 aromatic heterocycles. The van der Waals surface area contributed by atoms with Crippen molar-refractivity contribution in [2.75, 3.05) is 0 Å². The Kier molecular flexibility index (Phi) is 5.53. The van der Waals surface area contributed by atoms with Crippen LogP contribution >= 0.6 is 11.6 Å². The molecule has 4 rings (SSSR count). The number of ether oxygens (including phenoxy) is 3. The molecule has 2 heterocycles. The zero-order valence-corrected chi connectivity index (χ0v) is 17.1. The van der Waals surface area contributed by atoms with E-state index < -0.39 is 24.1 Å². The molecule has 31 heavy (non-hydrogen) atoms. The molecule has 0 fully saturated rings. The van der Waals surface area contributed by atoms with E-state index in [4.69, 9.17) is 30.3 Å². The number of halogens is 4. The topological polar surface area (TPSA) is 66.6 Å². The van der Waals surface area contributed by atoms with E-state index in [-0.39, 0.29) is 23.0 Å². The van der Waals surface area contributed by atoms with Crippen molar-refractivity contribution in [3.8, 4) is 28.6 Å². The summed E-state index contributed by atoms with van der Waals surface area (Å²) in [5, 5.41) is 4.16. The van der Waals surface area contributed by atoms with Gasteiger partial charge in [-0.15, -0.1) is 0 Å². The molecule has 0 saturated heterocycles. The van der Waals surface area contributed by atoms with Gasteiger partial charge < -0.3 is 18.7 Å². The molecule has 3 aromatic rings. The first-order valence-electron chi connectivity index (χ1n) is 9.20. The number of nitrogens with zero attached hydrogens (tertiary/aromatic N) is 2. The Bertz CT molecular complexity index is 1120. The molecule has 0 atom stereocenters. The van der Waals surface area contributed by atoms with Crippen LogP contribution in [0.3, 0.4) is 0 Å². The zero-order chi connectivity index (χ0) is 22.2. The van der Waals surface area contributed by atoms with Gasteiger partial charge in [0.05, 0.1) is 16.7 Å². The summed E-state index contributed by atoms with van der Waals surface area (Å²) in [4.78, 5) is 4.21. The first-order chi connectivity index (χ1) is 14.7. The van der Waals surface area contributed by atoms with Crippen molar-refractivity contribution in [1.29, 1.82) is 0 Å². The minimum atomic E-state index is -4.61. The third-order valence-corrected chi connectivity index (χ3v) is 4.60. The summed E-state index contributed by atoms with van der Waals surface area (Å²) in [5.74, 6) is -0.215. The lowest BCUT2D eigenvalue weighted by atomic mass is 10.1. The molecule has 2 aromatic carbocycles. The van der Waals surface area contributed by atoms with Crippen molar-refractivity contribution in [3.05, 3.63) is 65.1 Å². The molecule has 0 aliphatic carbocycles. The van der Waals surface area contributed by atoms with Gasteiger partial charge in [0.15, 0.2) is 0 Å². The van der Waals surface area contributed by atoms with Gasteiger partial charge in [-0.25, -0.2) is 0 Å². The van der Waals surface area contributed by atoms with Gasteiger partial charge >= 0.3 is 6.18 Å². The van der Waals surface area contributed by atoms with Gasteiger partial charge in [0, 0.05) is 16.7 Å². The summed E-state index contributed by atoms with van der Waals surface area (Å²) in [7, 11) is 0. The summed E-state index contributed by atoms with van der Waals surface area (Å²) in [5.41, 5.74) is 0.306. The minimum absolute atomic E-state index is 0.0802. The number of alkyl halides is 3. The fourth-order valence-corrected chi connectivity index (χ4v) is 3.22. The van der Waals surface area contributed by atoms with Crippen LogP contribution in [0.2, 0.25) is 5.02 Å². The third kappa shape index (κ3) is 4.46. The van der Waals surface area contributed by atoms with Gasteiger partial charge in [-0.2, -0.15) is 18.2 Å². The molecule has 10 heteroatoms. The van der Waals surface area contributed by atoms with Crippen molar-refractivity contribution >= 4 is 11.6 Å². The Morgan fingerprint density at radius 3 is 2.45 bits per heavy atom. The molecule has 1 aliphatic heterocycles. The second-order valence-corrected chi connectivity index (χ2v) is 7.32. The fourth-order valence-electron chi connectivity index (χ4n) is 2.95. The van der Waals surface area contributed by atoms with Gasteiger partial charge in [-0.3, -0.25) is 0 Å². The van der Waals surface area contributed by atoms with Crippen LogP contribution < -0.4 is 4.74 Å². The maximum Gasteiger partial charge on any atom is 0.419 e. The Hall–Kier alpha value is -3.20. The van der Waals surface area contributed by atoms with E-state index >= 15 is 0 Å². The lowest BCUT2D eigenvalue weighted by Gasteiger charge is -2.16. The van der Waals surface area contributed by atoms with Crippen molar-refractivity contribution in [2.45, 2.75) is 32.4 Å². The molecule has 1 aliphatic rings. The number of hydrogen-bond acceptors (Lipinski definition) is 6. The van der Waals surface area contributed by atoms with Crippen molar-refractivity contribution in [1.82, 2.24) is 10.1 Å². The van der Waals surface area contributed by atoms with Crippen LogP contribution in [0.4, 0.5) is 13.2 Å². The molecular weight excluding hydrogens is 437 g/mol. The smallest absolute Gasteiger partial charge is 0.419 e. The lowest BCUT2D eigenvalue weighted by molar-refractivity contribution is -0.139. The standard InChI is InChI=1S/C21H16ClF3N2O4/c1-11(2)30-17-6-4-12(9-15(17)21(23,24)25)19-26-18(27-31-19)14-5-3-13(10-16(14)22)20-28-7-8-29-20/h3-11,20H,1-2H3. The van der Waals surface area contributed by atoms with E-state index in [0.717, 1.165) is 6.07 Å². The minimum Gasteiger partial charge on any atom is -0.490 e. The predicted octanol–water partition coefficient (Wildman–Crippen LogP) is 6.38. The first kappa shape index (κ1) is 21.0. The van der Waals surface area contributed by atoms with Crippen molar-refractivity contribution in [3.63, 3.8) is 0 Å². The summed E-state index contributed by atoms with van der Waals surface area (Å²) in [6, 6.07) is 8.58. The van der Waals surface area contributed by atoms with Gasteiger partial charge in [-0.05, 0) is 44.2 Å². The number of hydrogen-bond donors (Lipinski definition) is 0. The Labute approximate surface area is 180 Å². The average Bonchev–Trinajstić information content (AvgIpc) is 3.39. The zero-order valence-electron chi connectivity index (χ0n) is 16.3. The molecule has 0 saturated carbocycles. The summed E-state index contributed by atoms with van der Waals surface area (Å²) >= 11 is 6.33. The van der Waals surface area contributed by atoms with Crippen LogP contribution in [-0.4, -0.2) is 16.2 Å². The maximum absolute atomic E-state index is 13.5. The molecule has 0 bridgehead atoms. The van der Waals surface area contributed by atoms with Crippen LogP contribution in [0.15, 0.2) is 53.4 Å². The molecular formula is C21H16ClF3N2O4. The van der Waals surface area contributed by atoms with E-state index in [1.807, 2.05) is 0 Å². The molecule has 0 radical (unpaired) electrons. The lowest BCUT2D eigenvalue weighted by Crippen LogP contribution is -2.13. The monoisotopic (exact) mass is 452 g/mol. The summed E-state index contributed by atoms with van der Waals surface area (Å²) in [6.45, 7) is 3.30. The highest BCUT2D eigenvalue weighted by molar-refractivity contribution is 6.33. The van der Waals surface area contributed by atoms with E-state index in [1.165, 1.54) is 24.7 Å². The quantitative estimate of drug-likeness (QED) is 0.447. The highest BCUT2D eigenvalue weighted by Gasteiger charge is 2.35. The third-order valence-electron chi connectivity index (χ3n) is 4.29. The van der Waals surface area contributed by atoms with Gasteiger partial charge in [0.2, 0.25) is 5.82 Å². The molecule has 0 spiro atoms. The van der Waals surface area contributed by atoms with Crippen LogP contribution in [0.1, 0.15) is 31.3 Å². The van der Waals surface area contributed by atoms with E-state index in [1.54, 1.807) is 32.0 Å².